The number of nitrogens with zero attached hydrogens (tertiary/aromatic N) is 1. The molecule has 0 atom stereocenters. The molecule has 3 nitrogen and oxygen atoms in total. The van der Waals surface area contributed by atoms with Crippen LogP contribution in [0, 0.1) is 11.3 Å². The molecule has 84 valence electrons. The lowest BCUT2D eigenvalue weighted by Crippen LogP contribution is -2.40. The molecule has 3 heteroatoms. The molecule has 1 aromatic carbocycles. The highest BCUT2D eigenvalue weighted by Gasteiger charge is 2.26. The zero-order chi connectivity index (χ0) is 11.4. The Kier molecular flexibility index (Phi) is 3.12. The van der Waals surface area contributed by atoms with Crippen molar-refractivity contribution in [2.75, 3.05) is 18.5 Å². The number of rotatable bonds is 2. The van der Waals surface area contributed by atoms with Gasteiger partial charge in [0.15, 0.2) is 0 Å². The Hall–Kier alpha value is -1.53. The van der Waals surface area contributed by atoms with E-state index in [0.29, 0.717) is 5.56 Å². The fourth-order valence-corrected chi connectivity index (χ4v) is 1.96. The predicted molar refractivity (Wildman–Crippen MR) is 63.2 cm³/mol. The van der Waals surface area contributed by atoms with Crippen LogP contribution in [0.4, 0.5) is 5.69 Å². The van der Waals surface area contributed by atoms with E-state index >= 15 is 0 Å². The Bertz CT molecular complexity index is 403. The smallest absolute Gasteiger partial charge is 0.0992 e. The first-order valence-electron chi connectivity index (χ1n) is 5.58. The van der Waals surface area contributed by atoms with E-state index < -0.39 is 0 Å². The second-order valence-electron chi connectivity index (χ2n) is 4.49. The molecule has 16 heavy (non-hydrogen) atoms. The summed E-state index contributed by atoms with van der Waals surface area (Å²) in [7, 11) is 0. The minimum absolute atomic E-state index is 0.0896. The van der Waals surface area contributed by atoms with Crippen LogP contribution >= 0.6 is 0 Å². The van der Waals surface area contributed by atoms with E-state index in [2.05, 4.69) is 18.3 Å². The second-order valence-corrected chi connectivity index (χ2v) is 4.49. The maximum absolute atomic E-state index is 8.83. The van der Waals surface area contributed by atoms with Crippen molar-refractivity contribution in [2.24, 2.45) is 0 Å². The summed E-state index contributed by atoms with van der Waals surface area (Å²) < 4.78 is 5.36. The molecular formula is C13H16N2O. The number of nitrogens with one attached hydrogen (secondary N) is 1. The lowest BCUT2D eigenvalue weighted by atomic mass is 9.92. The fraction of sp³-hybridized carbons (Fsp3) is 0.462. The molecule has 0 radical (unpaired) electrons. The van der Waals surface area contributed by atoms with Gasteiger partial charge in [-0.3, -0.25) is 0 Å². The molecule has 0 aromatic heterocycles. The van der Waals surface area contributed by atoms with Crippen LogP contribution in [-0.2, 0) is 4.74 Å². The van der Waals surface area contributed by atoms with Crippen molar-refractivity contribution in [1.82, 2.24) is 0 Å². The van der Waals surface area contributed by atoms with Crippen LogP contribution in [0.1, 0.15) is 25.3 Å². The molecule has 1 saturated heterocycles. The van der Waals surface area contributed by atoms with Crippen LogP contribution in [0.25, 0.3) is 0 Å². The van der Waals surface area contributed by atoms with Crippen molar-refractivity contribution in [3.05, 3.63) is 29.8 Å². The molecule has 1 heterocycles. The van der Waals surface area contributed by atoms with Crippen molar-refractivity contribution < 1.29 is 4.74 Å². The first-order chi connectivity index (χ1) is 7.72. The number of benzene rings is 1. The van der Waals surface area contributed by atoms with Gasteiger partial charge in [0.2, 0.25) is 0 Å². The molecule has 0 saturated carbocycles. The maximum Gasteiger partial charge on any atom is 0.0992 e. The number of hydrogen-bond acceptors (Lipinski definition) is 3. The molecule has 0 aliphatic carbocycles. The molecule has 0 amide bonds. The predicted octanol–water partition coefficient (Wildman–Crippen LogP) is 2.54. The zero-order valence-electron chi connectivity index (χ0n) is 9.49. The molecule has 0 spiro atoms. The summed E-state index contributed by atoms with van der Waals surface area (Å²) in [5.74, 6) is 0. The van der Waals surface area contributed by atoms with Gasteiger partial charge in [0.25, 0.3) is 0 Å². The molecule has 2 rings (SSSR count). The summed E-state index contributed by atoms with van der Waals surface area (Å²) >= 11 is 0. The summed E-state index contributed by atoms with van der Waals surface area (Å²) in [5, 5.41) is 12.3. The molecule has 0 unspecified atom stereocenters. The molecule has 1 N–H and O–H groups in total. The van der Waals surface area contributed by atoms with E-state index in [-0.39, 0.29) is 5.54 Å². The molecule has 1 aliphatic heterocycles. The third-order valence-electron chi connectivity index (χ3n) is 3.03. The van der Waals surface area contributed by atoms with Crippen LogP contribution in [0.15, 0.2) is 24.3 Å². The van der Waals surface area contributed by atoms with Gasteiger partial charge in [-0.25, -0.2) is 0 Å². The normalized spacial score (nSPS) is 18.8. The van der Waals surface area contributed by atoms with Crippen LogP contribution < -0.4 is 5.32 Å². The first-order valence-corrected chi connectivity index (χ1v) is 5.58. The van der Waals surface area contributed by atoms with Crippen LogP contribution in [0.3, 0.4) is 0 Å². The summed E-state index contributed by atoms with van der Waals surface area (Å²) in [5.41, 5.74) is 1.80. The number of anilines is 1. The summed E-state index contributed by atoms with van der Waals surface area (Å²) in [6.07, 6.45) is 2.01. The molecule has 1 aromatic rings. The second kappa shape index (κ2) is 4.54. The first kappa shape index (κ1) is 11.0. The minimum Gasteiger partial charge on any atom is -0.381 e. The van der Waals surface area contributed by atoms with Crippen molar-refractivity contribution >= 4 is 5.69 Å². The van der Waals surface area contributed by atoms with E-state index in [0.717, 1.165) is 31.7 Å². The van der Waals surface area contributed by atoms with E-state index in [9.17, 15) is 0 Å². The molecule has 1 aliphatic rings. The highest BCUT2D eigenvalue weighted by atomic mass is 16.5. The Morgan fingerprint density at radius 2 is 2.12 bits per heavy atom. The van der Waals surface area contributed by atoms with Gasteiger partial charge in [-0.1, -0.05) is 6.07 Å². The van der Waals surface area contributed by atoms with Gasteiger partial charge in [-0.2, -0.15) is 5.26 Å². The third-order valence-corrected chi connectivity index (χ3v) is 3.03. The Morgan fingerprint density at radius 3 is 2.81 bits per heavy atom. The summed E-state index contributed by atoms with van der Waals surface area (Å²) in [6, 6.07) is 9.77. The van der Waals surface area contributed by atoms with E-state index in [1.807, 2.05) is 24.3 Å². The number of ether oxygens (including phenoxy) is 1. The zero-order valence-corrected chi connectivity index (χ0v) is 9.49. The SMILES string of the molecule is CC1(Nc2cccc(C#N)c2)CCOCC1. The van der Waals surface area contributed by atoms with Gasteiger partial charge in [0, 0.05) is 24.4 Å². The quantitative estimate of drug-likeness (QED) is 0.826. The Balaban J connectivity index is 2.10. The van der Waals surface area contributed by atoms with Crippen molar-refractivity contribution in [2.45, 2.75) is 25.3 Å². The van der Waals surface area contributed by atoms with Gasteiger partial charge in [0.1, 0.15) is 0 Å². The van der Waals surface area contributed by atoms with Crippen LogP contribution in [-0.4, -0.2) is 18.8 Å². The topological polar surface area (TPSA) is 45.0 Å². The maximum atomic E-state index is 8.83. The number of nitriles is 1. The molecule has 0 bridgehead atoms. The lowest BCUT2D eigenvalue weighted by molar-refractivity contribution is 0.0658. The van der Waals surface area contributed by atoms with Gasteiger partial charge >= 0.3 is 0 Å². The van der Waals surface area contributed by atoms with Crippen molar-refractivity contribution in [1.29, 1.82) is 5.26 Å². The molecule has 1 fully saturated rings. The fourth-order valence-electron chi connectivity index (χ4n) is 1.96. The van der Waals surface area contributed by atoms with Gasteiger partial charge in [-0.15, -0.1) is 0 Å². The van der Waals surface area contributed by atoms with Crippen molar-refractivity contribution in [3.8, 4) is 6.07 Å². The average molecular weight is 216 g/mol. The van der Waals surface area contributed by atoms with Crippen LogP contribution in [0.2, 0.25) is 0 Å². The van der Waals surface area contributed by atoms with Crippen molar-refractivity contribution in [3.63, 3.8) is 0 Å². The van der Waals surface area contributed by atoms with Gasteiger partial charge in [0.05, 0.1) is 11.6 Å². The highest BCUT2D eigenvalue weighted by Crippen LogP contribution is 2.25. The number of hydrogen-bond donors (Lipinski definition) is 1. The highest BCUT2D eigenvalue weighted by molar-refractivity contribution is 5.50. The van der Waals surface area contributed by atoms with Gasteiger partial charge in [-0.05, 0) is 38.0 Å². The molecular weight excluding hydrogens is 200 g/mol. The standard InChI is InChI=1S/C13H16N2O/c1-13(5-7-16-8-6-13)15-12-4-2-3-11(9-12)10-14/h2-4,9,15H,5-8H2,1H3. The lowest BCUT2D eigenvalue weighted by Gasteiger charge is -2.35. The average Bonchev–Trinajstić information content (AvgIpc) is 2.29. The van der Waals surface area contributed by atoms with E-state index in [4.69, 9.17) is 10.00 Å². The van der Waals surface area contributed by atoms with Gasteiger partial charge < -0.3 is 10.1 Å². The monoisotopic (exact) mass is 216 g/mol. The van der Waals surface area contributed by atoms with Crippen LogP contribution in [0.5, 0.6) is 0 Å². The van der Waals surface area contributed by atoms with E-state index in [1.54, 1.807) is 0 Å². The summed E-state index contributed by atoms with van der Waals surface area (Å²) in [4.78, 5) is 0. The third kappa shape index (κ3) is 2.53. The van der Waals surface area contributed by atoms with E-state index in [1.165, 1.54) is 0 Å². The minimum atomic E-state index is 0.0896. The Morgan fingerprint density at radius 1 is 1.38 bits per heavy atom. The summed E-state index contributed by atoms with van der Waals surface area (Å²) in [6.45, 7) is 3.82. The Labute approximate surface area is 96.0 Å². The largest absolute Gasteiger partial charge is 0.381 e.